The number of benzene rings is 1. The van der Waals surface area contributed by atoms with Crippen LogP contribution in [0.3, 0.4) is 0 Å². The van der Waals surface area contributed by atoms with Crippen LogP contribution in [0.4, 0.5) is 0 Å². The van der Waals surface area contributed by atoms with E-state index in [1.165, 1.54) is 24.3 Å². The summed E-state index contributed by atoms with van der Waals surface area (Å²) in [4.78, 5) is 12.1. The zero-order chi connectivity index (χ0) is 14.1. The van der Waals surface area contributed by atoms with E-state index >= 15 is 0 Å². The van der Waals surface area contributed by atoms with Crippen LogP contribution in [0.25, 0.3) is 0 Å². The van der Waals surface area contributed by atoms with Gasteiger partial charge in [0.2, 0.25) is 0 Å². The van der Waals surface area contributed by atoms with E-state index in [4.69, 9.17) is 5.73 Å². The maximum atomic E-state index is 11.9. The molecule has 0 atom stereocenters. The highest BCUT2D eigenvalue weighted by atomic mass is 32.2. The van der Waals surface area contributed by atoms with E-state index in [0.717, 1.165) is 25.5 Å². The molecule has 3 N–H and O–H groups in total. The van der Waals surface area contributed by atoms with E-state index in [-0.39, 0.29) is 16.3 Å². The van der Waals surface area contributed by atoms with E-state index in [2.05, 4.69) is 5.32 Å². The van der Waals surface area contributed by atoms with Crippen LogP contribution in [0.2, 0.25) is 0 Å². The average molecular weight is 282 g/mol. The number of sulfone groups is 1. The second-order valence-electron chi connectivity index (χ2n) is 5.20. The molecule has 1 saturated carbocycles. The minimum atomic E-state index is -3.23. The molecule has 0 spiro atoms. The predicted octanol–water partition coefficient (Wildman–Crippen LogP) is 0.701. The van der Waals surface area contributed by atoms with Crippen molar-refractivity contribution in [2.45, 2.75) is 29.7 Å². The van der Waals surface area contributed by atoms with Gasteiger partial charge in [0.15, 0.2) is 9.84 Å². The first-order chi connectivity index (χ1) is 8.80. The lowest BCUT2D eigenvalue weighted by atomic mass is 9.78. The van der Waals surface area contributed by atoms with Crippen molar-refractivity contribution in [3.05, 3.63) is 29.8 Å². The Bertz CT molecular complexity index is 574. The quantitative estimate of drug-likeness (QED) is 0.850. The van der Waals surface area contributed by atoms with E-state index in [0.29, 0.717) is 12.1 Å². The summed E-state index contributed by atoms with van der Waals surface area (Å²) in [6.07, 6.45) is 4.10. The first-order valence-electron chi connectivity index (χ1n) is 6.17. The van der Waals surface area contributed by atoms with Crippen molar-refractivity contribution in [2.24, 2.45) is 5.73 Å². The molecule has 1 fully saturated rings. The summed E-state index contributed by atoms with van der Waals surface area (Å²) in [6, 6.07) is 5.89. The second kappa shape index (κ2) is 4.94. The number of nitrogens with two attached hydrogens (primary N) is 1. The maximum Gasteiger partial charge on any atom is 0.251 e. The number of hydrogen-bond acceptors (Lipinski definition) is 4. The maximum absolute atomic E-state index is 11.9. The molecule has 2 rings (SSSR count). The molecule has 5 nitrogen and oxygen atoms in total. The van der Waals surface area contributed by atoms with Gasteiger partial charge in [0.25, 0.3) is 5.91 Å². The fourth-order valence-electron chi connectivity index (χ4n) is 2.02. The highest BCUT2D eigenvalue weighted by Crippen LogP contribution is 2.28. The third-order valence-corrected chi connectivity index (χ3v) is 4.62. The van der Waals surface area contributed by atoms with Crippen molar-refractivity contribution in [2.75, 3.05) is 12.8 Å². The molecule has 1 aromatic carbocycles. The minimum Gasteiger partial charge on any atom is -0.350 e. The van der Waals surface area contributed by atoms with Gasteiger partial charge in [-0.1, -0.05) is 0 Å². The van der Waals surface area contributed by atoms with Crippen LogP contribution in [0, 0.1) is 0 Å². The van der Waals surface area contributed by atoms with Crippen LogP contribution < -0.4 is 11.1 Å². The van der Waals surface area contributed by atoms with Crippen LogP contribution in [0.1, 0.15) is 29.6 Å². The summed E-state index contributed by atoms with van der Waals surface area (Å²) < 4.78 is 22.6. The van der Waals surface area contributed by atoms with Gasteiger partial charge in [-0.25, -0.2) is 8.42 Å². The zero-order valence-electron chi connectivity index (χ0n) is 10.8. The summed E-state index contributed by atoms with van der Waals surface area (Å²) in [5.74, 6) is -0.225. The van der Waals surface area contributed by atoms with E-state index in [1.54, 1.807) is 0 Å². The topological polar surface area (TPSA) is 89.3 Å². The molecule has 1 aliphatic rings. The van der Waals surface area contributed by atoms with Gasteiger partial charge in [-0.2, -0.15) is 0 Å². The molecule has 1 aromatic rings. The Hall–Kier alpha value is -1.40. The molecule has 0 heterocycles. The molecule has 0 unspecified atom stereocenters. The van der Waals surface area contributed by atoms with E-state index < -0.39 is 9.84 Å². The first-order valence-corrected chi connectivity index (χ1v) is 8.07. The van der Waals surface area contributed by atoms with Gasteiger partial charge in [0.1, 0.15) is 0 Å². The molecule has 104 valence electrons. The molecule has 19 heavy (non-hydrogen) atoms. The van der Waals surface area contributed by atoms with Crippen LogP contribution in [-0.4, -0.2) is 32.7 Å². The molecule has 0 aromatic heterocycles. The summed E-state index contributed by atoms with van der Waals surface area (Å²) in [5, 5.41) is 2.79. The molecule has 0 radical (unpaired) electrons. The minimum absolute atomic E-state index is 0.207. The van der Waals surface area contributed by atoms with Gasteiger partial charge in [0, 0.05) is 23.9 Å². The third-order valence-electron chi connectivity index (χ3n) is 3.50. The molecular weight excluding hydrogens is 264 g/mol. The molecule has 0 saturated heterocycles. The fraction of sp³-hybridized carbons (Fsp3) is 0.462. The van der Waals surface area contributed by atoms with Gasteiger partial charge in [0.05, 0.1) is 4.90 Å². The molecule has 1 amide bonds. The molecular formula is C13H18N2O3S. The van der Waals surface area contributed by atoms with Crippen LogP contribution in [-0.2, 0) is 9.84 Å². The second-order valence-corrected chi connectivity index (χ2v) is 7.21. The van der Waals surface area contributed by atoms with E-state index in [1.807, 2.05) is 0 Å². The van der Waals surface area contributed by atoms with Crippen molar-refractivity contribution in [1.82, 2.24) is 5.32 Å². The Kier molecular flexibility index (Phi) is 3.64. The summed E-state index contributed by atoms with van der Waals surface area (Å²) >= 11 is 0. The Labute approximate surface area is 113 Å². The summed E-state index contributed by atoms with van der Waals surface area (Å²) in [7, 11) is -3.23. The highest BCUT2D eigenvalue weighted by molar-refractivity contribution is 7.90. The molecule has 0 bridgehead atoms. The highest BCUT2D eigenvalue weighted by Gasteiger charge is 2.32. The van der Waals surface area contributed by atoms with Crippen molar-refractivity contribution in [3.8, 4) is 0 Å². The average Bonchev–Trinajstić information content (AvgIpc) is 2.33. The fourth-order valence-corrected chi connectivity index (χ4v) is 2.65. The molecule has 0 aliphatic heterocycles. The van der Waals surface area contributed by atoms with Crippen molar-refractivity contribution in [3.63, 3.8) is 0 Å². The molecule has 1 aliphatic carbocycles. The van der Waals surface area contributed by atoms with Crippen molar-refractivity contribution < 1.29 is 13.2 Å². The Balaban J connectivity index is 2.00. The van der Waals surface area contributed by atoms with Gasteiger partial charge in [-0.05, 0) is 43.5 Å². The predicted molar refractivity (Wildman–Crippen MR) is 72.7 cm³/mol. The normalized spacial score (nSPS) is 17.6. The standard InChI is InChI=1S/C13H18N2O3S/c1-19(17,18)11-5-3-10(4-6-11)12(16)15-9-13(14)7-2-8-13/h3-6H,2,7-9,14H2,1H3,(H,15,16). The largest absolute Gasteiger partial charge is 0.350 e. The number of rotatable bonds is 4. The van der Waals surface area contributed by atoms with Crippen LogP contribution in [0.15, 0.2) is 29.2 Å². The summed E-state index contributed by atoms with van der Waals surface area (Å²) in [6.45, 7) is 0.458. The van der Waals surface area contributed by atoms with Crippen LogP contribution in [0.5, 0.6) is 0 Å². The zero-order valence-corrected chi connectivity index (χ0v) is 11.7. The number of nitrogens with one attached hydrogen (secondary N) is 1. The van der Waals surface area contributed by atoms with Gasteiger partial charge >= 0.3 is 0 Å². The lowest BCUT2D eigenvalue weighted by Gasteiger charge is -2.38. The summed E-state index contributed by atoms with van der Waals surface area (Å²) in [5.41, 5.74) is 6.19. The lowest BCUT2D eigenvalue weighted by Crippen LogP contribution is -2.54. The Morgan fingerprint density at radius 3 is 2.32 bits per heavy atom. The van der Waals surface area contributed by atoms with Crippen molar-refractivity contribution in [1.29, 1.82) is 0 Å². The van der Waals surface area contributed by atoms with Gasteiger partial charge in [-0.15, -0.1) is 0 Å². The number of hydrogen-bond donors (Lipinski definition) is 2. The van der Waals surface area contributed by atoms with E-state index in [9.17, 15) is 13.2 Å². The number of amides is 1. The molecule has 6 heteroatoms. The SMILES string of the molecule is CS(=O)(=O)c1ccc(C(=O)NCC2(N)CCC2)cc1. The van der Waals surface area contributed by atoms with Gasteiger partial charge in [-0.3, -0.25) is 4.79 Å². The smallest absolute Gasteiger partial charge is 0.251 e. The number of carbonyl (C=O) groups is 1. The van der Waals surface area contributed by atoms with Gasteiger partial charge < -0.3 is 11.1 Å². The lowest BCUT2D eigenvalue weighted by molar-refractivity contribution is 0.0929. The monoisotopic (exact) mass is 282 g/mol. The Morgan fingerprint density at radius 1 is 1.32 bits per heavy atom. The van der Waals surface area contributed by atoms with Crippen LogP contribution >= 0.6 is 0 Å². The number of carbonyl (C=O) groups excluding carboxylic acids is 1. The Morgan fingerprint density at radius 2 is 1.89 bits per heavy atom. The van der Waals surface area contributed by atoms with Crippen molar-refractivity contribution >= 4 is 15.7 Å². The first kappa shape index (κ1) is 14.0. The third kappa shape index (κ3) is 3.33.